The Morgan fingerprint density at radius 1 is 1.57 bits per heavy atom. The Labute approximate surface area is 83.6 Å². The van der Waals surface area contributed by atoms with E-state index in [0.717, 1.165) is 0 Å². The van der Waals surface area contributed by atoms with Crippen LogP contribution < -0.4 is 0 Å². The number of nitrogens with zero attached hydrogens (tertiary/aromatic N) is 3. The summed E-state index contributed by atoms with van der Waals surface area (Å²) < 4.78 is 1.54. The summed E-state index contributed by atoms with van der Waals surface area (Å²) in [6, 6.07) is 1.68. The Kier molecular flexibility index (Phi) is 2.28. The molecule has 6 heteroatoms. The van der Waals surface area contributed by atoms with Gasteiger partial charge in [0.2, 0.25) is 5.13 Å². The van der Waals surface area contributed by atoms with Crippen LogP contribution in [0.5, 0.6) is 0 Å². The Morgan fingerprint density at radius 3 is 3.07 bits per heavy atom. The molecule has 0 aromatic carbocycles. The molecule has 2 aromatic rings. The van der Waals surface area contributed by atoms with Crippen molar-refractivity contribution in [3.8, 4) is 5.13 Å². The van der Waals surface area contributed by atoms with Crippen molar-refractivity contribution < 1.29 is 9.90 Å². The second-order valence-corrected chi connectivity index (χ2v) is 3.49. The molecule has 0 radical (unpaired) electrons. The lowest BCUT2D eigenvalue weighted by Gasteiger charge is -1.99. The Bertz CT molecular complexity index is 435. The average molecular weight is 209 g/mol. The first-order chi connectivity index (χ1) is 6.77. The van der Waals surface area contributed by atoms with Crippen LogP contribution in [0.3, 0.4) is 0 Å². The van der Waals surface area contributed by atoms with Crippen molar-refractivity contribution in [2.24, 2.45) is 0 Å². The summed E-state index contributed by atoms with van der Waals surface area (Å²) in [6.07, 6.45) is 3.19. The highest BCUT2D eigenvalue weighted by molar-refractivity contribution is 7.12. The maximum absolute atomic E-state index is 10.5. The van der Waals surface area contributed by atoms with Crippen molar-refractivity contribution in [3.05, 3.63) is 29.5 Å². The van der Waals surface area contributed by atoms with E-state index >= 15 is 0 Å². The minimum atomic E-state index is -0.872. The van der Waals surface area contributed by atoms with Gasteiger partial charge in [-0.05, 0) is 6.07 Å². The van der Waals surface area contributed by atoms with Crippen molar-refractivity contribution in [3.63, 3.8) is 0 Å². The van der Waals surface area contributed by atoms with E-state index in [1.54, 1.807) is 23.1 Å². The van der Waals surface area contributed by atoms with Crippen LogP contribution in [0.25, 0.3) is 5.13 Å². The molecule has 0 saturated carbocycles. The molecule has 5 nitrogen and oxygen atoms in total. The SMILES string of the molecule is O=C(O)Cc1ccnn1-c1nccs1. The van der Waals surface area contributed by atoms with Gasteiger partial charge in [0.1, 0.15) is 0 Å². The van der Waals surface area contributed by atoms with E-state index in [1.807, 2.05) is 5.38 Å². The van der Waals surface area contributed by atoms with Gasteiger partial charge in [0.05, 0.1) is 12.1 Å². The van der Waals surface area contributed by atoms with Crippen molar-refractivity contribution in [2.45, 2.75) is 6.42 Å². The first-order valence-electron chi connectivity index (χ1n) is 3.92. The van der Waals surface area contributed by atoms with E-state index in [-0.39, 0.29) is 6.42 Å². The van der Waals surface area contributed by atoms with Gasteiger partial charge < -0.3 is 5.11 Å². The highest BCUT2D eigenvalue weighted by Crippen LogP contribution is 2.13. The predicted octanol–water partition coefficient (Wildman–Crippen LogP) is 0.956. The molecule has 0 saturated heterocycles. The second kappa shape index (κ2) is 3.59. The average Bonchev–Trinajstić information content (AvgIpc) is 2.70. The summed E-state index contributed by atoms with van der Waals surface area (Å²) in [5.74, 6) is -0.872. The molecule has 0 fully saturated rings. The number of hydrogen-bond donors (Lipinski definition) is 1. The molecule has 2 aromatic heterocycles. The Balaban J connectivity index is 2.35. The van der Waals surface area contributed by atoms with E-state index in [9.17, 15) is 4.79 Å². The number of hydrogen-bond acceptors (Lipinski definition) is 4. The third kappa shape index (κ3) is 1.64. The molecule has 0 aliphatic rings. The first kappa shape index (κ1) is 8.89. The summed E-state index contributed by atoms with van der Waals surface area (Å²) >= 11 is 1.42. The van der Waals surface area contributed by atoms with Gasteiger partial charge in [-0.3, -0.25) is 4.79 Å². The normalized spacial score (nSPS) is 10.3. The fraction of sp³-hybridized carbons (Fsp3) is 0.125. The van der Waals surface area contributed by atoms with E-state index in [4.69, 9.17) is 5.11 Å². The molecule has 0 aliphatic carbocycles. The Hall–Kier alpha value is -1.69. The van der Waals surface area contributed by atoms with Crippen LogP contribution in [0.4, 0.5) is 0 Å². The zero-order chi connectivity index (χ0) is 9.97. The standard InChI is InChI=1S/C8H7N3O2S/c12-7(13)5-6-1-2-10-11(6)8-9-3-4-14-8/h1-4H,5H2,(H,12,13). The molecular formula is C8H7N3O2S. The molecule has 2 heterocycles. The molecule has 0 amide bonds. The fourth-order valence-corrected chi connectivity index (χ4v) is 1.74. The number of carbonyl (C=O) groups is 1. The maximum Gasteiger partial charge on any atom is 0.309 e. The van der Waals surface area contributed by atoms with E-state index in [1.165, 1.54) is 11.3 Å². The molecule has 2 rings (SSSR count). The molecule has 0 unspecified atom stereocenters. The van der Waals surface area contributed by atoms with Crippen molar-refractivity contribution in [1.82, 2.24) is 14.8 Å². The third-order valence-electron chi connectivity index (χ3n) is 1.65. The van der Waals surface area contributed by atoms with Crippen LogP contribution in [0.2, 0.25) is 0 Å². The summed E-state index contributed by atoms with van der Waals surface area (Å²) in [4.78, 5) is 14.6. The number of carboxylic acid groups (broad SMARTS) is 1. The van der Waals surface area contributed by atoms with Gasteiger partial charge in [0, 0.05) is 17.8 Å². The van der Waals surface area contributed by atoms with Crippen LogP contribution in [0.15, 0.2) is 23.8 Å². The van der Waals surface area contributed by atoms with Crippen LogP contribution in [-0.2, 0) is 11.2 Å². The first-order valence-corrected chi connectivity index (χ1v) is 4.80. The number of rotatable bonds is 3. The van der Waals surface area contributed by atoms with E-state index in [2.05, 4.69) is 10.1 Å². The number of thiazole rings is 1. The van der Waals surface area contributed by atoms with Gasteiger partial charge in [0.25, 0.3) is 0 Å². The summed E-state index contributed by atoms with van der Waals surface area (Å²) in [5, 5.41) is 15.2. The maximum atomic E-state index is 10.5. The minimum absolute atomic E-state index is 0.0421. The molecule has 0 spiro atoms. The van der Waals surface area contributed by atoms with Gasteiger partial charge in [-0.25, -0.2) is 9.67 Å². The quantitative estimate of drug-likeness (QED) is 0.817. The van der Waals surface area contributed by atoms with Crippen molar-refractivity contribution >= 4 is 17.3 Å². The highest BCUT2D eigenvalue weighted by Gasteiger charge is 2.09. The van der Waals surface area contributed by atoms with Crippen molar-refractivity contribution in [1.29, 1.82) is 0 Å². The predicted molar refractivity (Wildman–Crippen MR) is 50.6 cm³/mol. The Morgan fingerprint density at radius 2 is 2.43 bits per heavy atom. The zero-order valence-corrected chi connectivity index (χ0v) is 7.94. The summed E-state index contributed by atoms with van der Waals surface area (Å²) in [6.45, 7) is 0. The van der Waals surface area contributed by atoms with E-state index < -0.39 is 5.97 Å². The van der Waals surface area contributed by atoms with Crippen LogP contribution in [-0.4, -0.2) is 25.8 Å². The molecule has 72 valence electrons. The topological polar surface area (TPSA) is 68.0 Å². The van der Waals surface area contributed by atoms with E-state index in [0.29, 0.717) is 10.8 Å². The monoisotopic (exact) mass is 209 g/mol. The third-order valence-corrected chi connectivity index (χ3v) is 2.40. The van der Waals surface area contributed by atoms with Crippen LogP contribution in [0, 0.1) is 0 Å². The molecule has 0 atom stereocenters. The molecular weight excluding hydrogens is 202 g/mol. The molecule has 1 N–H and O–H groups in total. The van der Waals surface area contributed by atoms with Crippen molar-refractivity contribution in [2.75, 3.05) is 0 Å². The largest absolute Gasteiger partial charge is 0.481 e. The minimum Gasteiger partial charge on any atom is -0.481 e. The lowest BCUT2D eigenvalue weighted by atomic mass is 10.3. The van der Waals surface area contributed by atoms with Gasteiger partial charge >= 0.3 is 5.97 Å². The zero-order valence-electron chi connectivity index (χ0n) is 7.12. The molecule has 14 heavy (non-hydrogen) atoms. The molecule has 0 bridgehead atoms. The van der Waals surface area contributed by atoms with Gasteiger partial charge in [-0.15, -0.1) is 11.3 Å². The van der Waals surface area contributed by atoms with Crippen LogP contribution >= 0.6 is 11.3 Å². The summed E-state index contributed by atoms with van der Waals surface area (Å²) in [5.41, 5.74) is 0.632. The fourth-order valence-electron chi connectivity index (χ4n) is 1.11. The summed E-state index contributed by atoms with van der Waals surface area (Å²) in [7, 11) is 0. The molecule has 0 aliphatic heterocycles. The number of aliphatic carboxylic acids is 1. The highest BCUT2D eigenvalue weighted by atomic mass is 32.1. The lowest BCUT2D eigenvalue weighted by molar-refractivity contribution is -0.136. The van der Waals surface area contributed by atoms with Crippen LogP contribution in [0.1, 0.15) is 5.69 Å². The van der Waals surface area contributed by atoms with Gasteiger partial charge in [-0.2, -0.15) is 5.10 Å². The van der Waals surface area contributed by atoms with Gasteiger partial charge in [0.15, 0.2) is 0 Å². The number of carboxylic acids is 1. The lowest BCUT2D eigenvalue weighted by Crippen LogP contribution is -2.07. The van der Waals surface area contributed by atoms with Gasteiger partial charge in [-0.1, -0.05) is 0 Å². The second-order valence-electron chi connectivity index (χ2n) is 2.62. The smallest absolute Gasteiger partial charge is 0.309 e. The number of aromatic nitrogens is 3.